The van der Waals surface area contributed by atoms with E-state index in [1.807, 2.05) is 67.7 Å². The molecule has 0 atom stereocenters. The highest BCUT2D eigenvalue weighted by Gasteiger charge is 2.19. The summed E-state index contributed by atoms with van der Waals surface area (Å²) in [5.74, 6) is 0.495. The smallest absolute Gasteiger partial charge is 0.295 e. The van der Waals surface area contributed by atoms with Crippen LogP contribution in [0.2, 0.25) is 5.02 Å². The molecule has 4 rings (SSSR count). The number of ether oxygens (including phenoxy) is 2. The van der Waals surface area contributed by atoms with Crippen molar-refractivity contribution >= 4 is 39.1 Å². The molecule has 0 fully saturated rings. The standard InChI is InChI=1S/C29H30BrClN4O4/c1-19-28(29(37)35(34(19)3)23-8-6-5-7-9-23)32-27(36)18-39-25-13-10-20(14-26(25)38-4)16-33(2)17-21-15-22(30)11-12-24(21)31/h5-15H,16-18H2,1-4H3,(H,32,36). The van der Waals surface area contributed by atoms with Crippen LogP contribution in [0, 0.1) is 6.92 Å². The lowest BCUT2D eigenvalue weighted by atomic mass is 10.1. The highest BCUT2D eigenvalue weighted by Crippen LogP contribution is 2.29. The summed E-state index contributed by atoms with van der Waals surface area (Å²) in [4.78, 5) is 27.9. The average Bonchev–Trinajstić information content (AvgIpc) is 3.13. The number of benzene rings is 3. The van der Waals surface area contributed by atoms with Crippen molar-refractivity contribution in [2.24, 2.45) is 7.05 Å². The molecule has 0 aliphatic carbocycles. The van der Waals surface area contributed by atoms with Crippen molar-refractivity contribution in [3.8, 4) is 17.2 Å². The molecule has 10 heteroatoms. The van der Waals surface area contributed by atoms with E-state index in [1.54, 1.807) is 31.8 Å². The van der Waals surface area contributed by atoms with Gasteiger partial charge in [-0.2, -0.15) is 0 Å². The fraction of sp³-hybridized carbons (Fsp3) is 0.241. The Morgan fingerprint density at radius 3 is 2.51 bits per heavy atom. The van der Waals surface area contributed by atoms with Crippen LogP contribution >= 0.6 is 27.5 Å². The number of methoxy groups -OCH3 is 1. The average molecular weight is 614 g/mol. The molecule has 3 aromatic carbocycles. The topological polar surface area (TPSA) is 77.7 Å². The lowest BCUT2D eigenvalue weighted by molar-refractivity contribution is -0.118. The van der Waals surface area contributed by atoms with Crippen molar-refractivity contribution in [1.82, 2.24) is 14.3 Å². The van der Waals surface area contributed by atoms with Crippen molar-refractivity contribution in [2.45, 2.75) is 20.0 Å². The molecule has 0 spiro atoms. The summed E-state index contributed by atoms with van der Waals surface area (Å²) in [5, 5.41) is 3.42. The first-order valence-corrected chi connectivity index (χ1v) is 13.4. The summed E-state index contributed by atoms with van der Waals surface area (Å²) in [7, 11) is 5.33. The fourth-order valence-electron chi connectivity index (χ4n) is 4.28. The van der Waals surface area contributed by atoms with Crippen LogP contribution in [0.15, 0.2) is 76.0 Å². The van der Waals surface area contributed by atoms with Crippen LogP contribution < -0.4 is 20.3 Å². The molecular weight excluding hydrogens is 584 g/mol. The molecule has 0 radical (unpaired) electrons. The maximum absolute atomic E-state index is 13.1. The van der Waals surface area contributed by atoms with Crippen molar-refractivity contribution < 1.29 is 14.3 Å². The Hall–Kier alpha value is -3.53. The number of halogens is 2. The summed E-state index contributed by atoms with van der Waals surface area (Å²) in [6.07, 6.45) is 0. The second-order valence-corrected chi connectivity index (χ2v) is 10.5. The van der Waals surface area contributed by atoms with E-state index in [1.165, 1.54) is 4.68 Å². The van der Waals surface area contributed by atoms with E-state index in [4.69, 9.17) is 21.1 Å². The molecule has 0 saturated heterocycles. The van der Waals surface area contributed by atoms with E-state index in [0.29, 0.717) is 41.0 Å². The molecule has 0 bridgehead atoms. The number of aromatic nitrogens is 2. The van der Waals surface area contributed by atoms with Gasteiger partial charge in [0.05, 0.1) is 18.5 Å². The third-order valence-electron chi connectivity index (χ3n) is 6.31. The molecule has 4 aromatic rings. The molecule has 1 N–H and O–H groups in total. The lowest BCUT2D eigenvalue weighted by Gasteiger charge is -2.19. The molecule has 1 heterocycles. The Morgan fingerprint density at radius 2 is 1.79 bits per heavy atom. The predicted octanol–water partition coefficient (Wildman–Crippen LogP) is 5.56. The van der Waals surface area contributed by atoms with Crippen molar-refractivity contribution in [2.75, 3.05) is 26.1 Å². The highest BCUT2D eigenvalue weighted by atomic mass is 79.9. The summed E-state index contributed by atoms with van der Waals surface area (Å²) in [6, 6.07) is 20.6. The first-order valence-electron chi connectivity index (χ1n) is 12.2. The van der Waals surface area contributed by atoms with E-state index in [-0.39, 0.29) is 17.9 Å². The molecular formula is C29H30BrClN4O4. The second-order valence-electron chi connectivity index (χ2n) is 9.17. The van der Waals surface area contributed by atoms with Gasteiger partial charge in [0.15, 0.2) is 18.1 Å². The predicted molar refractivity (Wildman–Crippen MR) is 157 cm³/mol. The monoisotopic (exact) mass is 612 g/mol. The fourth-order valence-corrected chi connectivity index (χ4v) is 4.87. The zero-order chi connectivity index (χ0) is 28.1. The minimum absolute atomic E-state index is 0.214. The summed E-state index contributed by atoms with van der Waals surface area (Å²) in [5.41, 5.74) is 3.28. The Morgan fingerprint density at radius 1 is 1.05 bits per heavy atom. The van der Waals surface area contributed by atoms with E-state index < -0.39 is 5.91 Å². The minimum Gasteiger partial charge on any atom is -0.493 e. The van der Waals surface area contributed by atoms with Crippen molar-refractivity contribution in [3.63, 3.8) is 0 Å². The quantitative estimate of drug-likeness (QED) is 0.254. The van der Waals surface area contributed by atoms with Gasteiger partial charge >= 0.3 is 0 Å². The minimum atomic E-state index is -0.447. The number of para-hydroxylation sites is 1. The van der Waals surface area contributed by atoms with Crippen LogP contribution in [-0.2, 0) is 24.9 Å². The number of nitrogens with one attached hydrogen (secondary N) is 1. The molecule has 1 amide bonds. The molecule has 0 saturated carbocycles. The van der Waals surface area contributed by atoms with Crippen LogP contribution in [0.5, 0.6) is 11.5 Å². The number of anilines is 1. The van der Waals surface area contributed by atoms with Crippen molar-refractivity contribution in [1.29, 1.82) is 0 Å². The lowest BCUT2D eigenvalue weighted by Crippen LogP contribution is -2.25. The van der Waals surface area contributed by atoms with E-state index in [9.17, 15) is 9.59 Å². The number of nitrogens with zero attached hydrogens (tertiary/aromatic N) is 3. The van der Waals surface area contributed by atoms with Gasteiger partial charge in [-0.3, -0.25) is 19.2 Å². The van der Waals surface area contributed by atoms with Crippen LogP contribution in [-0.4, -0.2) is 40.9 Å². The zero-order valence-electron chi connectivity index (χ0n) is 22.2. The van der Waals surface area contributed by atoms with Crippen molar-refractivity contribution in [3.05, 3.63) is 103 Å². The number of amides is 1. The van der Waals surface area contributed by atoms with Crippen LogP contribution in [0.4, 0.5) is 5.69 Å². The third-order valence-corrected chi connectivity index (χ3v) is 7.17. The Bertz CT molecular complexity index is 1530. The molecule has 8 nitrogen and oxygen atoms in total. The van der Waals surface area contributed by atoms with Crippen LogP contribution in [0.3, 0.4) is 0 Å². The number of carbonyl (C=O) groups is 1. The molecule has 0 aliphatic rings. The normalized spacial score (nSPS) is 11.1. The second kappa shape index (κ2) is 12.5. The first kappa shape index (κ1) is 28.5. The van der Waals surface area contributed by atoms with Gasteiger partial charge < -0.3 is 14.8 Å². The van der Waals surface area contributed by atoms with E-state index in [0.717, 1.165) is 15.6 Å². The SMILES string of the molecule is COc1cc(CN(C)Cc2cc(Br)ccc2Cl)ccc1OCC(=O)Nc1c(C)n(C)n(-c2ccccc2)c1=O. The molecule has 0 unspecified atom stereocenters. The number of carbonyl (C=O) groups excluding carboxylic acids is 1. The third kappa shape index (κ3) is 6.73. The maximum Gasteiger partial charge on any atom is 0.295 e. The largest absolute Gasteiger partial charge is 0.493 e. The molecule has 1 aromatic heterocycles. The van der Waals surface area contributed by atoms with E-state index >= 15 is 0 Å². The number of hydrogen-bond donors (Lipinski definition) is 1. The van der Waals surface area contributed by atoms with Gasteiger partial charge in [-0.15, -0.1) is 0 Å². The molecule has 0 aliphatic heterocycles. The number of hydrogen-bond acceptors (Lipinski definition) is 5. The van der Waals surface area contributed by atoms with Gasteiger partial charge in [0.25, 0.3) is 11.5 Å². The summed E-state index contributed by atoms with van der Waals surface area (Å²) < 4.78 is 15.5. The first-order chi connectivity index (χ1) is 18.7. The summed E-state index contributed by atoms with van der Waals surface area (Å²) >= 11 is 9.83. The number of rotatable bonds is 10. The van der Waals surface area contributed by atoms with Gasteiger partial charge in [-0.05, 0) is 67.6 Å². The molecule has 39 heavy (non-hydrogen) atoms. The van der Waals surface area contributed by atoms with E-state index in [2.05, 4.69) is 26.1 Å². The van der Waals surface area contributed by atoms with Gasteiger partial charge in [-0.1, -0.05) is 51.8 Å². The highest BCUT2D eigenvalue weighted by molar-refractivity contribution is 9.10. The van der Waals surface area contributed by atoms with Gasteiger partial charge in [0, 0.05) is 29.6 Å². The maximum atomic E-state index is 13.1. The van der Waals surface area contributed by atoms with Gasteiger partial charge in [0.2, 0.25) is 0 Å². The molecule has 204 valence electrons. The Balaban J connectivity index is 1.40. The van der Waals surface area contributed by atoms with Gasteiger partial charge in [0.1, 0.15) is 5.69 Å². The Kier molecular flexibility index (Phi) is 9.16. The van der Waals surface area contributed by atoms with Gasteiger partial charge in [-0.25, -0.2) is 4.68 Å². The zero-order valence-corrected chi connectivity index (χ0v) is 24.5. The Labute approximate surface area is 240 Å². The summed E-state index contributed by atoms with van der Waals surface area (Å²) in [6.45, 7) is 2.82. The van der Waals surface area contributed by atoms with Crippen LogP contribution in [0.25, 0.3) is 5.69 Å². The van der Waals surface area contributed by atoms with Crippen LogP contribution in [0.1, 0.15) is 16.8 Å².